The van der Waals surface area contributed by atoms with E-state index in [1.807, 2.05) is 12.1 Å². The monoisotopic (exact) mass is 622 g/mol. The lowest BCUT2D eigenvalue weighted by Crippen LogP contribution is -2.54. The highest BCUT2D eigenvalue weighted by molar-refractivity contribution is 7.89. The van der Waals surface area contributed by atoms with Crippen molar-refractivity contribution >= 4 is 56.0 Å². The van der Waals surface area contributed by atoms with Gasteiger partial charge in [0.25, 0.3) is 17.7 Å². The molecule has 0 bridgehead atoms. The molecule has 2 aliphatic heterocycles. The number of rotatable bonds is 8. The molecule has 44 heavy (non-hydrogen) atoms. The number of Topliss-reactive ketones (excluding diaryl/α,β-unsaturated/α-hetero) is 1. The maximum atomic E-state index is 13.5. The SMILES string of the molecule is CC(=O)O.N=C(N)N1CCC[C@@H](CNC(=O)[C@@H](CN2C(=O)C(=O)c3ccccc32)NS(=O)(=O)c2ccc3ccccc3c2)C1. The largest absolute Gasteiger partial charge is 0.481 e. The number of aliphatic carboxylic acids is 1. The standard InChI is InChI=1S/C28H30N6O5S.C2H4O2/c29-28(30)33-13-5-6-18(16-33)15-31-26(36)23(17-34-24-10-4-3-9-22(24)25(35)27(34)37)32-40(38,39)21-12-11-19-7-1-2-8-20(19)14-21;1-2(3)4/h1-4,7-12,14,18,23,32H,5-6,13,15-17H2,(H3,29,30)(H,31,36);1H3,(H,3,4)/t18-,23+;/m0./s1. The number of carboxylic acids is 1. The fraction of sp³-hybridized carbons (Fsp3) is 0.300. The molecule has 3 aromatic carbocycles. The first-order valence-corrected chi connectivity index (χ1v) is 15.4. The highest BCUT2D eigenvalue weighted by Gasteiger charge is 2.39. The molecule has 0 spiro atoms. The van der Waals surface area contributed by atoms with Gasteiger partial charge in [0.05, 0.1) is 22.7 Å². The van der Waals surface area contributed by atoms with Crippen molar-refractivity contribution in [2.24, 2.45) is 11.7 Å². The van der Waals surface area contributed by atoms with Crippen LogP contribution in [0, 0.1) is 11.3 Å². The van der Waals surface area contributed by atoms with Crippen LogP contribution in [0.4, 0.5) is 5.69 Å². The molecule has 2 amide bonds. The van der Waals surface area contributed by atoms with E-state index in [0.29, 0.717) is 24.2 Å². The number of nitrogens with zero attached hydrogens (tertiary/aromatic N) is 2. The summed E-state index contributed by atoms with van der Waals surface area (Å²) in [6.45, 7) is 2.11. The normalized spacial score (nSPS) is 17.0. The Hall–Kier alpha value is -4.82. The lowest BCUT2D eigenvalue weighted by molar-refractivity contribution is -0.134. The van der Waals surface area contributed by atoms with Crippen LogP contribution in [0.5, 0.6) is 0 Å². The molecule has 0 aromatic heterocycles. The first-order valence-electron chi connectivity index (χ1n) is 13.9. The van der Waals surface area contributed by atoms with Gasteiger partial charge in [0.2, 0.25) is 15.9 Å². The molecule has 13 nitrogen and oxygen atoms in total. The Morgan fingerprint density at radius 2 is 1.73 bits per heavy atom. The van der Waals surface area contributed by atoms with Gasteiger partial charge in [-0.2, -0.15) is 4.72 Å². The minimum absolute atomic E-state index is 0.00932. The predicted octanol–water partition coefficient (Wildman–Crippen LogP) is 1.53. The number of carboxylic acid groups (broad SMARTS) is 1. The number of benzene rings is 3. The van der Waals surface area contributed by atoms with Crippen LogP contribution < -0.4 is 20.7 Å². The van der Waals surface area contributed by atoms with Crippen molar-refractivity contribution in [2.75, 3.05) is 31.1 Å². The van der Waals surface area contributed by atoms with Crippen LogP contribution in [0.25, 0.3) is 10.8 Å². The number of carbonyl (C=O) groups is 4. The Bertz CT molecular complexity index is 1710. The summed E-state index contributed by atoms with van der Waals surface area (Å²) < 4.78 is 29.4. The molecule has 6 N–H and O–H groups in total. The second kappa shape index (κ2) is 13.7. The lowest BCUT2D eigenvalue weighted by atomic mass is 9.98. The third-order valence-electron chi connectivity index (χ3n) is 7.31. The van der Waals surface area contributed by atoms with Gasteiger partial charge in [0.15, 0.2) is 5.96 Å². The number of sulfonamides is 1. The number of nitrogens with two attached hydrogens (primary N) is 1. The number of para-hydroxylation sites is 1. The number of likely N-dealkylation sites (tertiary alicyclic amines) is 1. The molecule has 5 rings (SSSR count). The van der Waals surface area contributed by atoms with Crippen LogP contribution in [-0.4, -0.2) is 80.2 Å². The van der Waals surface area contributed by atoms with Gasteiger partial charge in [-0.25, -0.2) is 8.42 Å². The average Bonchev–Trinajstić information content (AvgIpc) is 3.23. The molecule has 2 heterocycles. The highest BCUT2D eigenvalue weighted by atomic mass is 32.2. The summed E-state index contributed by atoms with van der Waals surface area (Å²) >= 11 is 0. The summed E-state index contributed by atoms with van der Waals surface area (Å²) in [6.07, 6.45) is 1.61. The molecular weight excluding hydrogens is 588 g/mol. The van der Waals surface area contributed by atoms with Gasteiger partial charge in [0.1, 0.15) is 6.04 Å². The van der Waals surface area contributed by atoms with E-state index in [-0.39, 0.29) is 35.4 Å². The van der Waals surface area contributed by atoms with Crippen LogP contribution in [0.1, 0.15) is 30.1 Å². The zero-order valence-electron chi connectivity index (χ0n) is 24.0. The molecule has 2 aliphatic rings. The van der Waals surface area contributed by atoms with Crippen molar-refractivity contribution in [1.82, 2.24) is 14.9 Å². The third kappa shape index (κ3) is 7.57. The molecule has 0 radical (unpaired) electrons. The van der Waals surface area contributed by atoms with Gasteiger partial charge in [-0.05, 0) is 53.8 Å². The average molecular weight is 623 g/mol. The van der Waals surface area contributed by atoms with Crippen LogP contribution in [0.3, 0.4) is 0 Å². The number of amides is 2. The molecule has 14 heteroatoms. The number of carbonyl (C=O) groups excluding carboxylic acids is 3. The number of hydrogen-bond donors (Lipinski definition) is 5. The van der Waals surface area contributed by atoms with E-state index in [4.69, 9.17) is 21.0 Å². The van der Waals surface area contributed by atoms with Crippen molar-refractivity contribution in [1.29, 1.82) is 5.41 Å². The second-order valence-corrected chi connectivity index (χ2v) is 12.3. The molecule has 1 fully saturated rings. The minimum atomic E-state index is -4.20. The van der Waals surface area contributed by atoms with E-state index >= 15 is 0 Å². The summed E-state index contributed by atoms with van der Waals surface area (Å²) in [5.41, 5.74) is 6.16. The molecule has 0 aliphatic carbocycles. The van der Waals surface area contributed by atoms with Gasteiger partial charge in [-0.1, -0.05) is 42.5 Å². The number of guanidine groups is 1. The topological polar surface area (TPSA) is 203 Å². The van der Waals surface area contributed by atoms with Crippen LogP contribution >= 0.6 is 0 Å². The molecule has 0 unspecified atom stereocenters. The van der Waals surface area contributed by atoms with Crippen LogP contribution in [0.15, 0.2) is 71.6 Å². The van der Waals surface area contributed by atoms with E-state index in [2.05, 4.69) is 10.0 Å². The minimum Gasteiger partial charge on any atom is -0.481 e. The first kappa shape index (κ1) is 32.1. The Kier molecular flexibility index (Phi) is 9.96. The maximum Gasteiger partial charge on any atom is 0.300 e. The Labute approximate surface area is 254 Å². The van der Waals surface area contributed by atoms with E-state index in [1.54, 1.807) is 41.3 Å². The van der Waals surface area contributed by atoms with Crippen molar-refractivity contribution in [3.8, 4) is 0 Å². The van der Waals surface area contributed by atoms with Gasteiger partial charge < -0.3 is 26.0 Å². The van der Waals surface area contributed by atoms with E-state index < -0.39 is 39.6 Å². The van der Waals surface area contributed by atoms with E-state index in [1.165, 1.54) is 18.2 Å². The zero-order chi connectivity index (χ0) is 32.0. The molecule has 1 saturated heterocycles. The van der Waals surface area contributed by atoms with Crippen molar-refractivity contribution in [3.05, 3.63) is 72.3 Å². The molecule has 232 valence electrons. The van der Waals surface area contributed by atoms with Crippen LogP contribution in [0.2, 0.25) is 0 Å². The fourth-order valence-electron chi connectivity index (χ4n) is 5.19. The Morgan fingerprint density at radius 1 is 1.07 bits per heavy atom. The number of ketones is 1. The molecule has 2 atom stereocenters. The summed E-state index contributed by atoms with van der Waals surface area (Å²) in [5, 5.41) is 19.5. The number of fused-ring (bicyclic) bond motifs is 2. The second-order valence-electron chi connectivity index (χ2n) is 10.5. The Morgan fingerprint density at radius 3 is 2.43 bits per heavy atom. The number of hydrogen-bond acceptors (Lipinski definition) is 7. The van der Waals surface area contributed by atoms with E-state index in [0.717, 1.165) is 30.1 Å². The van der Waals surface area contributed by atoms with Gasteiger partial charge in [0, 0.05) is 26.6 Å². The summed E-state index contributed by atoms with van der Waals surface area (Å²) in [5.74, 6) is -3.02. The maximum absolute atomic E-state index is 13.5. The van der Waals surface area contributed by atoms with Crippen molar-refractivity contribution in [2.45, 2.75) is 30.7 Å². The van der Waals surface area contributed by atoms with Gasteiger partial charge in [-0.3, -0.25) is 24.6 Å². The lowest BCUT2D eigenvalue weighted by Gasteiger charge is -2.33. The summed E-state index contributed by atoms with van der Waals surface area (Å²) in [7, 11) is -4.20. The number of anilines is 1. The summed E-state index contributed by atoms with van der Waals surface area (Å²) in [6, 6.07) is 17.0. The van der Waals surface area contributed by atoms with Gasteiger partial charge >= 0.3 is 0 Å². The third-order valence-corrected chi connectivity index (χ3v) is 8.78. The molecule has 0 saturated carbocycles. The fourth-order valence-corrected chi connectivity index (χ4v) is 6.42. The first-order chi connectivity index (χ1) is 20.9. The highest BCUT2D eigenvalue weighted by Crippen LogP contribution is 2.29. The smallest absolute Gasteiger partial charge is 0.300 e. The van der Waals surface area contributed by atoms with Crippen molar-refractivity contribution < 1.29 is 32.7 Å². The van der Waals surface area contributed by atoms with E-state index in [9.17, 15) is 22.8 Å². The van der Waals surface area contributed by atoms with Gasteiger partial charge in [-0.15, -0.1) is 0 Å². The number of nitrogens with one attached hydrogen (secondary N) is 3. The zero-order valence-corrected chi connectivity index (χ0v) is 24.8. The molecular formula is C30H34N6O7S. The molecule has 3 aromatic rings. The quantitative estimate of drug-likeness (QED) is 0.140. The summed E-state index contributed by atoms with van der Waals surface area (Å²) in [4.78, 5) is 50.7. The number of piperidine rings is 1. The van der Waals surface area contributed by atoms with Crippen molar-refractivity contribution in [3.63, 3.8) is 0 Å². The van der Waals surface area contributed by atoms with Crippen LogP contribution in [-0.2, 0) is 24.4 Å². The Balaban J connectivity index is 0.00000104. The predicted molar refractivity (Wildman–Crippen MR) is 164 cm³/mol.